The van der Waals surface area contributed by atoms with Gasteiger partial charge in [-0.15, -0.1) is 0 Å². The van der Waals surface area contributed by atoms with Crippen LogP contribution >= 0.6 is 11.6 Å². The predicted octanol–water partition coefficient (Wildman–Crippen LogP) is 4.41. The van der Waals surface area contributed by atoms with Crippen molar-refractivity contribution in [1.29, 1.82) is 0 Å². The molecule has 0 aliphatic carbocycles. The van der Waals surface area contributed by atoms with Gasteiger partial charge >= 0.3 is 0 Å². The summed E-state index contributed by atoms with van der Waals surface area (Å²) in [5, 5.41) is 4.75. The molecular weight excluding hydrogens is 350 g/mol. The quantitative estimate of drug-likeness (QED) is 0.688. The van der Waals surface area contributed by atoms with E-state index in [1.807, 2.05) is 47.4 Å². The summed E-state index contributed by atoms with van der Waals surface area (Å²) in [6.07, 6.45) is 1.85. The number of carbonyl (C=O) groups excluding carboxylic acids is 1. The van der Waals surface area contributed by atoms with Crippen molar-refractivity contribution in [1.82, 2.24) is 15.0 Å². The first-order valence-electron chi connectivity index (χ1n) is 8.64. The highest BCUT2D eigenvalue weighted by molar-refractivity contribution is 6.30. The summed E-state index contributed by atoms with van der Waals surface area (Å²) >= 11 is 5.92. The van der Waals surface area contributed by atoms with Crippen molar-refractivity contribution < 1.29 is 9.32 Å². The fraction of sp³-hybridized carbons (Fsp3) is 0.250. The van der Waals surface area contributed by atoms with Gasteiger partial charge in [0.1, 0.15) is 0 Å². The highest BCUT2D eigenvalue weighted by Gasteiger charge is 2.29. The normalized spacial score (nSPS) is 17.3. The number of likely N-dealkylation sites (tertiary alicyclic amines) is 1. The number of rotatable bonds is 3. The molecule has 4 rings (SSSR count). The van der Waals surface area contributed by atoms with Crippen LogP contribution < -0.4 is 0 Å². The van der Waals surface area contributed by atoms with Gasteiger partial charge in [-0.3, -0.25) is 4.79 Å². The molecule has 2 heterocycles. The monoisotopic (exact) mass is 367 g/mol. The molecule has 26 heavy (non-hydrogen) atoms. The van der Waals surface area contributed by atoms with E-state index < -0.39 is 0 Å². The van der Waals surface area contributed by atoms with E-state index in [2.05, 4.69) is 10.1 Å². The molecule has 0 N–H and O–H groups in total. The van der Waals surface area contributed by atoms with Crippen LogP contribution in [0.4, 0.5) is 0 Å². The van der Waals surface area contributed by atoms with E-state index in [4.69, 9.17) is 16.1 Å². The molecule has 3 aromatic rings. The third kappa shape index (κ3) is 3.48. The first kappa shape index (κ1) is 16.8. The number of nitrogens with zero attached hydrogens (tertiary/aromatic N) is 3. The first-order valence-corrected chi connectivity index (χ1v) is 9.02. The molecule has 1 fully saturated rings. The van der Waals surface area contributed by atoms with E-state index in [1.54, 1.807) is 12.1 Å². The maximum Gasteiger partial charge on any atom is 0.253 e. The molecule has 0 spiro atoms. The minimum Gasteiger partial charge on any atom is -0.339 e. The summed E-state index contributed by atoms with van der Waals surface area (Å²) in [5.74, 6) is 1.24. The SMILES string of the molecule is O=C(c1ccccc1)N1CCC[C@@H](c2nc(-c3ccc(Cl)cc3)no2)C1. The zero-order valence-electron chi connectivity index (χ0n) is 14.1. The van der Waals surface area contributed by atoms with Gasteiger partial charge in [-0.05, 0) is 49.2 Å². The average Bonchev–Trinajstić information content (AvgIpc) is 3.19. The Labute approximate surface area is 156 Å². The maximum absolute atomic E-state index is 12.7. The smallest absolute Gasteiger partial charge is 0.253 e. The van der Waals surface area contributed by atoms with Crippen molar-refractivity contribution in [2.75, 3.05) is 13.1 Å². The van der Waals surface area contributed by atoms with Crippen LogP contribution in [0.15, 0.2) is 59.1 Å². The molecule has 1 saturated heterocycles. The molecule has 0 unspecified atom stereocenters. The summed E-state index contributed by atoms with van der Waals surface area (Å²) in [6, 6.07) is 16.7. The third-order valence-electron chi connectivity index (χ3n) is 4.62. The lowest BCUT2D eigenvalue weighted by Gasteiger charge is -2.31. The fourth-order valence-corrected chi connectivity index (χ4v) is 3.37. The Bertz CT molecular complexity index is 893. The Morgan fingerprint density at radius 1 is 1.12 bits per heavy atom. The second kappa shape index (κ2) is 7.30. The predicted molar refractivity (Wildman–Crippen MR) is 99.1 cm³/mol. The van der Waals surface area contributed by atoms with Gasteiger partial charge in [-0.1, -0.05) is 35.0 Å². The van der Waals surface area contributed by atoms with Gasteiger partial charge in [-0.2, -0.15) is 4.98 Å². The number of benzene rings is 2. The van der Waals surface area contributed by atoms with E-state index in [-0.39, 0.29) is 11.8 Å². The van der Waals surface area contributed by atoms with Crippen molar-refractivity contribution in [3.05, 3.63) is 71.1 Å². The second-order valence-electron chi connectivity index (χ2n) is 6.42. The fourth-order valence-electron chi connectivity index (χ4n) is 3.24. The van der Waals surface area contributed by atoms with Gasteiger partial charge in [0.05, 0.1) is 5.92 Å². The molecule has 1 atom stereocenters. The molecule has 0 radical (unpaired) electrons. The second-order valence-corrected chi connectivity index (χ2v) is 6.86. The third-order valence-corrected chi connectivity index (χ3v) is 4.87. The number of hydrogen-bond acceptors (Lipinski definition) is 4. The highest BCUT2D eigenvalue weighted by Crippen LogP contribution is 2.28. The molecule has 0 bridgehead atoms. The molecule has 1 amide bonds. The molecule has 1 aliphatic heterocycles. The number of hydrogen-bond donors (Lipinski definition) is 0. The van der Waals surface area contributed by atoms with Crippen molar-refractivity contribution in [2.24, 2.45) is 0 Å². The van der Waals surface area contributed by atoms with Crippen molar-refractivity contribution in [3.63, 3.8) is 0 Å². The highest BCUT2D eigenvalue weighted by atomic mass is 35.5. The molecule has 2 aromatic carbocycles. The van der Waals surface area contributed by atoms with Gasteiger partial charge in [0.15, 0.2) is 0 Å². The van der Waals surface area contributed by atoms with Crippen LogP contribution in [0.5, 0.6) is 0 Å². The van der Waals surface area contributed by atoms with Crippen LogP contribution in [0, 0.1) is 0 Å². The molecule has 1 aliphatic rings. The minimum atomic E-state index is 0.0488. The zero-order valence-corrected chi connectivity index (χ0v) is 14.9. The van der Waals surface area contributed by atoms with Gasteiger partial charge in [-0.25, -0.2) is 0 Å². The Balaban J connectivity index is 1.50. The number of piperidine rings is 1. The Kier molecular flexibility index (Phi) is 4.71. The standard InChI is InChI=1S/C20H18ClN3O2/c21-17-10-8-14(9-11-17)18-22-19(26-23-18)16-7-4-12-24(13-16)20(25)15-5-2-1-3-6-15/h1-3,5-6,8-11,16H,4,7,12-13H2/t16-/m1/s1. The molecule has 132 valence electrons. The van der Waals surface area contributed by atoms with Crippen LogP contribution in [0.2, 0.25) is 5.02 Å². The van der Waals surface area contributed by atoms with E-state index in [9.17, 15) is 4.79 Å². The van der Waals surface area contributed by atoms with Crippen LogP contribution in [-0.4, -0.2) is 34.0 Å². The number of carbonyl (C=O) groups is 1. The molecule has 6 heteroatoms. The summed E-state index contributed by atoms with van der Waals surface area (Å²) in [4.78, 5) is 19.1. The molecule has 0 saturated carbocycles. The van der Waals surface area contributed by atoms with Gasteiger partial charge in [0.25, 0.3) is 5.91 Å². The lowest BCUT2D eigenvalue weighted by atomic mass is 9.97. The van der Waals surface area contributed by atoms with Gasteiger partial charge < -0.3 is 9.42 Å². The first-order chi connectivity index (χ1) is 12.7. The Morgan fingerprint density at radius 3 is 2.65 bits per heavy atom. The Morgan fingerprint density at radius 2 is 1.88 bits per heavy atom. The summed E-state index contributed by atoms with van der Waals surface area (Å²) < 4.78 is 5.49. The van der Waals surface area contributed by atoms with Crippen molar-refractivity contribution in [2.45, 2.75) is 18.8 Å². The molecule has 5 nitrogen and oxygen atoms in total. The number of amides is 1. The lowest BCUT2D eigenvalue weighted by Crippen LogP contribution is -2.39. The topological polar surface area (TPSA) is 59.2 Å². The lowest BCUT2D eigenvalue weighted by molar-refractivity contribution is 0.0695. The molecular formula is C20H18ClN3O2. The van der Waals surface area contributed by atoms with E-state index >= 15 is 0 Å². The zero-order chi connectivity index (χ0) is 17.9. The Hall–Kier alpha value is -2.66. The number of halogens is 1. The van der Waals surface area contributed by atoms with E-state index in [1.165, 1.54) is 0 Å². The van der Waals surface area contributed by atoms with Crippen molar-refractivity contribution in [3.8, 4) is 11.4 Å². The van der Waals surface area contributed by atoms with Crippen LogP contribution in [-0.2, 0) is 0 Å². The van der Waals surface area contributed by atoms with E-state index in [0.717, 1.165) is 24.9 Å². The summed E-state index contributed by atoms with van der Waals surface area (Å²) in [7, 11) is 0. The van der Waals surface area contributed by atoms with Gasteiger partial charge in [0.2, 0.25) is 11.7 Å². The summed E-state index contributed by atoms with van der Waals surface area (Å²) in [6.45, 7) is 1.35. The number of aromatic nitrogens is 2. The van der Waals surface area contributed by atoms with Crippen LogP contribution in [0.25, 0.3) is 11.4 Å². The van der Waals surface area contributed by atoms with Crippen LogP contribution in [0.3, 0.4) is 0 Å². The largest absolute Gasteiger partial charge is 0.339 e. The average molecular weight is 368 g/mol. The molecule has 1 aromatic heterocycles. The van der Waals surface area contributed by atoms with Crippen molar-refractivity contribution >= 4 is 17.5 Å². The van der Waals surface area contributed by atoms with Crippen LogP contribution in [0.1, 0.15) is 35.0 Å². The van der Waals surface area contributed by atoms with E-state index in [0.29, 0.717) is 28.8 Å². The minimum absolute atomic E-state index is 0.0488. The summed E-state index contributed by atoms with van der Waals surface area (Å²) in [5.41, 5.74) is 1.57. The maximum atomic E-state index is 12.7. The van der Waals surface area contributed by atoms with Gasteiger partial charge in [0, 0.05) is 29.2 Å².